The van der Waals surface area contributed by atoms with Gasteiger partial charge in [-0.15, -0.1) is 11.8 Å². The first-order chi connectivity index (χ1) is 11.0. The van der Waals surface area contributed by atoms with E-state index in [4.69, 9.17) is 11.6 Å². The van der Waals surface area contributed by atoms with Gasteiger partial charge in [-0.25, -0.2) is 0 Å². The zero-order valence-corrected chi connectivity index (χ0v) is 15.3. The minimum absolute atomic E-state index is 0.0230. The molecular weight excluding hydrogens is 326 g/mol. The third-order valence-electron chi connectivity index (χ3n) is 3.66. The molecule has 1 N–H and O–H groups in total. The summed E-state index contributed by atoms with van der Waals surface area (Å²) in [6.45, 7) is 6.18. The average Bonchev–Trinajstić information content (AvgIpc) is 2.47. The first-order valence-electron chi connectivity index (χ1n) is 7.64. The van der Waals surface area contributed by atoms with Crippen molar-refractivity contribution < 1.29 is 4.79 Å². The Bertz CT molecular complexity index is 687. The van der Waals surface area contributed by atoms with Crippen LogP contribution in [0.4, 0.5) is 0 Å². The molecule has 1 atom stereocenters. The molecule has 1 amide bonds. The average molecular weight is 348 g/mol. The monoisotopic (exact) mass is 347 g/mol. The van der Waals surface area contributed by atoms with Gasteiger partial charge in [0.15, 0.2) is 0 Å². The molecule has 0 aromatic heterocycles. The van der Waals surface area contributed by atoms with Crippen LogP contribution in [-0.2, 0) is 10.5 Å². The quantitative estimate of drug-likeness (QED) is 0.790. The highest BCUT2D eigenvalue weighted by Crippen LogP contribution is 2.20. The van der Waals surface area contributed by atoms with Crippen LogP contribution in [0.15, 0.2) is 42.5 Å². The zero-order chi connectivity index (χ0) is 16.8. The fourth-order valence-electron chi connectivity index (χ4n) is 2.56. The highest BCUT2D eigenvalue weighted by molar-refractivity contribution is 7.99. The molecule has 0 fully saturated rings. The van der Waals surface area contributed by atoms with E-state index < -0.39 is 0 Å². The van der Waals surface area contributed by atoms with E-state index in [0.717, 1.165) is 16.3 Å². The van der Waals surface area contributed by atoms with Crippen LogP contribution < -0.4 is 5.32 Å². The van der Waals surface area contributed by atoms with Crippen LogP contribution >= 0.6 is 23.4 Å². The molecule has 0 unspecified atom stereocenters. The lowest BCUT2D eigenvalue weighted by Crippen LogP contribution is -2.28. The van der Waals surface area contributed by atoms with Gasteiger partial charge in [0.25, 0.3) is 0 Å². The van der Waals surface area contributed by atoms with Crippen LogP contribution in [0.3, 0.4) is 0 Å². The summed E-state index contributed by atoms with van der Waals surface area (Å²) in [5, 5.41) is 3.80. The Balaban J connectivity index is 1.82. The lowest BCUT2D eigenvalue weighted by Gasteiger charge is -2.17. The summed E-state index contributed by atoms with van der Waals surface area (Å²) in [6.07, 6.45) is 0. The third-order valence-corrected chi connectivity index (χ3v) is 4.90. The first-order valence-corrected chi connectivity index (χ1v) is 9.17. The van der Waals surface area contributed by atoms with Crippen molar-refractivity contribution in [2.45, 2.75) is 32.6 Å². The number of carbonyl (C=O) groups excluding carboxylic acids is 1. The Morgan fingerprint density at radius 2 is 2.00 bits per heavy atom. The fraction of sp³-hybridized carbons (Fsp3) is 0.316. The van der Waals surface area contributed by atoms with E-state index in [-0.39, 0.29) is 11.9 Å². The summed E-state index contributed by atoms with van der Waals surface area (Å²) < 4.78 is 0. The van der Waals surface area contributed by atoms with Crippen LogP contribution in [0.25, 0.3) is 0 Å². The summed E-state index contributed by atoms with van der Waals surface area (Å²) >= 11 is 7.56. The maximum absolute atomic E-state index is 12.1. The maximum atomic E-state index is 12.1. The van der Waals surface area contributed by atoms with Crippen molar-refractivity contribution in [1.29, 1.82) is 0 Å². The smallest absolute Gasteiger partial charge is 0.230 e. The predicted molar refractivity (Wildman–Crippen MR) is 100 cm³/mol. The van der Waals surface area contributed by atoms with Crippen molar-refractivity contribution in [3.05, 3.63) is 69.7 Å². The molecule has 0 saturated carbocycles. The number of halogens is 1. The van der Waals surface area contributed by atoms with Crippen LogP contribution in [0.1, 0.15) is 35.2 Å². The van der Waals surface area contributed by atoms with Gasteiger partial charge in [-0.3, -0.25) is 4.79 Å². The minimum atomic E-state index is 0.0230. The topological polar surface area (TPSA) is 29.1 Å². The molecule has 122 valence electrons. The lowest BCUT2D eigenvalue weighted by atomic mass is 10.0. The molecular formula is C19H22ClNOS. The summed E-state index contributed by atoms with van der Waals surface area (Å²) in [4.78, 5) is 12.1. The summed E-state index contributed by atoms with van der Waals surface area (Å²) in [5.41, 5.74) is 4.76. The Labute approximate surface area is 147 Å². The summed E-state index contributed by atoms with van der Waals surface area (Å²) in [7, 11) is 0. The Morgan fingerprint density at radius 1 is 1.22 bits per heavy atom. The van der Waals surface area contributed by atoms with Gasteiger partial charge in [-0.1, -0.05) is 47.5 Å². The predicted octanol–water partition coefficient (Wildman–Crippen LogP) is 5.07. The van der Waals surface area contributed by atoms with E-state index in [9.17, 15) is 4.79 Å². The molecule has 2 aromatic rings. The van der Waals surface area contributed by atoms with E-state index in [0.29, 0.717) is 5.75 Å². The van der Waals surface area contributed by atoms with Gasteiger partial charge in [0.05, 0.1) is 11.8 Å². The van der Waals surface area contributed by atoms with E-state index in [1.54, 1.807) is 11.8 Å². The number of aryl methyl sites for hydroxylation is 2. The number of amides is 1. The molecule has 0 aliphatic carbocycles. The van der Waals surface area contributed by atoms with Gasteiger partial charge in [0.1, 0.15) is 0 Å². The molecule has 0 radical (unpaired) electrons. The second kappa shape index (κ2) is 8.42. The van der Waals surface area contributed by atoms with Crippen molar-refractivity contribution in [2.24, 2.45) is 0 Å². The van der Waals surface area contributed by atoms with Gasteiger partial charge in [0.2, 0.25) is 5.91 Å². The van der Waals surface area contributed by atoms with E-state index in [1.807, 2.05) is 31.2 Å². The van der Waals surface area contributed by atoms with Gasteiger partial charge in [-0.05, 0) is 49.6 Å². The number of carbonyl (C=O) groups is 1. The number of hydrogen-bond acceptors (Lipinski definition) is 2. The van der Waals surface area contributed by atoms with Crippen molar-refractivity contribution in [3.8, 4) is 0 Å². The van der Waals surface area contributed by atoms with Gasteiger partial charge in [0, 0.05) is 10.8 Å². The Morgan fingerprint density at radius 3 is 2.70 bits per heavy atom. The summed E-state index contributed by atoms with van der Waals surface area (Å²) in [5.74, 6) is 1.29. The number of nitrogens with one attached hydrogen (secondary N) is 1. The molecule has 2 rings (SSSR count). The van der Waals surface area contributed by atoms with Crippen molar-refractivity contribution in [3.63, 3.8) is 0 Å². The van der Waals surface area contributed by atoms with Gasteiger partial charge >= 0.3 is 0 Å². The molecule has 4 heteroatoms. The largest absolute Gasteiger partial charge is 0.349 e. The number of thioether (sulfide) groups is 1. The van der Waals surface area contributed by atoms with Crippen molar-refractivity contribution >= 4 is 29.3 Å². The van der Waals surface area contributed by atoms with E-state index >= 15 is 0 Å². The Kier molecular flexibility index (Phi) is 6.55. The Hall–Kier alpha value is -1.45. The molecule has 0 spiro atoms. The summed E-state index contributed by atoms with van der Waals surface area (Å²) in [6, 6.07) is 14.1. The lowest BCUT2D eigenvalue weighted by molar-refractivity contribution is -0.119. The first kappa shape index (κ1) is 17.9. The SMILES string of the molecule is Cc1ccc([C@@H](C)NC(=O)CSCc2cccc(Cl)c2)c(C)c1. The molecule has 0 aliphatic rings. The van der Waals surface area contributed by atoms with Crippen LogP contribution in [0.5, 0.6) is 0 Å². The van der Waals surface area contributed by atoms with E-state index in [2.05, 4.69) is 37.4 Å². The number of rotatable bonds is 6. The molecule has 0 heterocycles. The highest BCUT2D eigenvalue weighted by atomic mass is 35.5. The van der Waals surface area contributed by atoms with Crippen LogP contribution in [0.2, 0.25) is 5.02 Å². The molecule has 0 saturated heterocycles. The van der Waals surface area contributed by atoms with Gasteiger partial charge in [-0.2, -0.15) is 0 Å². The third kappa shape index (κ3) is 5.60. The van der Waals surface area contributed by atoms with Crippen LogP contribution in [0, 0.1) is 13.8 Å². The van der Waals surface area contributed by atoms with Crippen molar-refractivity contribution in [1.82, 2.24) is 5.32 Å². The minimum Gasteiger partial charge on any atom is -0.349 e. The standard InChI is InChI=1S/C19H22ClNOS/c1-13-7-8-18(14(2)9-13)15(3)21-19(22)12-23-11-16-5-4-6-17(20)10-16/h4-10,15H,11-12H2,1-3H3,(H,21,22)/t15-/m1/s1. The number of benzene rings is 2. The van der Waals surface area contributed by atoms with Crippen molar-refractivity contribution in [2.75, 3.05) is 5.75 Å². The van der Waals surface area contributed by atoms with Gasteiger partial charge < -0.3 is 5.32 Å². The van der Waals surface area contributed by atoms with E-state index in [1.165, 1.54) is 16.7 Å². The molecule has 0 bridgehead atoms. The highest BCUT2D eigenvalue weighted by Gasteiger charge is 2.11. The molecule has 2 nitrogen and oxygen atoms in total. The molecule has 2 aromatic carbocycles. The fourth-order valence-corrected chi connectivity index (χ4v) is 3.56. The second-order valence-corrected chi connectivity index (χ2v) is 7.19. The maximum Gasteiger partial charge on any atom is 0.230 e. The second-order valence-electron chi connectivity index (χ2n) is 5.77. The number of hydrogen-bond donors (Lipinski definition) is 1. The molecule has 0 aliphatic heterocycles. The van der Waals surface area contributed by atoms with Crippen LogP contribution in [-0.4, -0.2) is 11.7 Å². The normalized spacial score (nSPS) is 12.0. The zero-order valence-electron chi connectivity index (χ0n) is 13.7. The molecule has 23 heavy (non-hydrogen) atoms.